The van der Waals surface area contributed by atoms with Gasteiger partial charge in [0.1, 0.15) is 5.56 Å². The fourth-order valence-corrected chi connectivity index (χ4v) is 4.40. The van der Waals surface area contributed by atoms with Gasteiger partial charge in [-0.15, -0.1) is 0 Å². The van der Waals surface area contributed by atoms with Crippen LogP contribution in [-0.4, -0.2) is 40.8 Å². The lowest BCUT2D eigenvalue weighted by Gasteiger charge is -2.34. The van der Waals surface area contributed by atoms with Gasteiger partial charge in [0, 0.05) is 24.8 Å². The summed E-state index contributed by atoms with van der Waals surface area (Å²) in [5, 5.41) is 2.97. The molecule has 2 aromatic carbocycles. The average Bonchev–Trinajstić information content (AvgIpc) is 2.86. The van der Waals surface area contributed by atoms with E-state index in [0.717, 1.165) is 17.5 Å². The number of rotatable bonds is 6. The van der Waals surface area contributed by atoms with Gasteiger partial charge in [-0.05, 0) is 42.5 Å². The number of H-pyrrole nitrogens is 1. The molecule has 1 atom stereocenters. The predicted molar refractivity (Wildman–Crippen MR) is 129 cm³/mol. The van der Waals surface area contributed by atoms with Crippen LogP contribution in [0.3, 0.4) is 0 Å². The van der Waals surface area contributed by atoms with E-state index in [1.165, 1.54) is 0 Å². The van der Waals surface area contributed by atoms with Gasteiger partial charge in [-0.25, -0.2) is 0 Å². The number of piperidine rings is 1. The van der Waals surface area contributed by atoms with Crippen LogP contribution in [-0.2, 0) is 4.79 Å². The highest BCUT2D eigenvalue weighted by atomic mass is 16.2. The molecule has 0 saturated carbocycles. The summed E-state index contributed by atoms with van der Waals surface area (Å²) in [5.41, 5.74) is 2.30. The summed E-state index contributed by atoms with van der Waals surface area (Å²) in [6, 6.07) is 22.6. The Kier molecular flexibility index (Phi) is 7.03. The lowest BCUT2D eigenvalue weighted by Crippen LogP contribution is -2.48. The van der Waals surface area contributed by atoms with Crippen LogP contribution >= 0.6 is 0 Å². The van der Waals surface area contributed by atoms with E-state index in [1.54, 1.807) is 12.1 Å². The Morgan fingerprint density at radius 2 is 1.61 bits per heavy atom. The number of nitrogens with one attached hydrogen (secondary N) is 2. The number of aromatic nitrogens is 1. The molecular formula is C27H29N3O3. The van der Waals surface area contributed by atoms with Crippen molar-refractivity contribution in [2.75, 3.05) is 13.1 Å². The number of carbonyl (C=O) groups excluding carboxylic acids is 2. The highest BCUT2D eigenvalue weighted by molar-refractivity contribution is 5.94. The SMILES string of the molecule is CCC(C(=O)N1CCC(NC(=O)c2ccc(-c3ccccc3)[nH]c2=O)CC1)c1ccccc1. The monoisotopic (exact) mass is 443 g/mol. The molecule has 1 aliphatic heterocycles. The Bertz CT molecular complexity index is 1150. The van der Waals surface area contributed by atoms with Crippen molar-refractivity contribution in [1.29, 1.82) is 0 Å². The first-order chi connectivity index (χ1) is 16.1. The van der Waals surface area contributed by atoms with Crippen molar-refractivity contribution in [3.8, 4) is 11.3 Å². The van der Waals surface area contributed by atoms with E-state index in [9.17, 15) is 14.4 Å². The van der Waals surface area contributed by atoms with Crippen molar-refractivity contribution in [2.24, 2.45) is 0 Å². The molecule has 0 spiro atoms. The van der Waals surface area contributed by atoms with Crippen molar-refractivity contribution in [2.45, 2.75) is 38.1 Å². The van der Waals surface area contributed by atoms with Crippen LogP contribution in [0.25, 0.3) is 11.3 Å². The fourth-order valence-electron chi connectivity index (χ4n) is 4.40. The summed E-state index contributed by atoms with van der Waals surface area (Å²) in [6.07, 6.45) is 2.09. The first kappa shape index (κ1) is 22.5. The van der Waals surface area contributed by atoms with Gasteiger partial charge in [-0.1, -0.05) is 67.6 Å². The Hall–Kier alpha value is -3.67. The molecule has 2 amide bonds. The molecule has 6 heteroatoms. The molecule has 6 nitrogen and oxygen atoms in total. The molecule has 0 aliphatic carbocycles. The molecule has 1 aliphatic rings. The van der Waals surface area contributed by atoms with E-state index in [-0.39, 0.29) is 29.3 Å². The molecule has 0 radical (unpaired) electrons. The maximum absolute atomic E-state index is 13.1. The van der Waals surface area contributed by atoms with Crippen LogP contribution in [0.4, 0.5) is 0 Å². The number of nitrogens with zero attached hydrogens (tertiary/aromatic N) is 1. The molecule has 2 heterocycles. The number of aromatic amines is 1. The molecule has 33 heavy (non-hydrogen) atoms. The zero-order valence-corrected chi connectivity index (χ0v) is 18.8. The van der Waals surface area contributed by atoms with Crippen LogP contribution in [0, 0.1) is 0 Å². The van der Waals surface area contributed by atoms with Crippen molar-refractivity contribution >= 4 is 11.8 Å². The Balaban J connectivity index is 1.35. The standard InChI is InChI=1S/C27H29N3O3/c1-2-22(19-9-5-3-6-10-19)27(33)30-17-15-21(16-18-30)28-25(31)23-13-14-24(29-26(23)32)20-11-7-4-8-12-20/h3-14,21-22H,2,15-18H2,1H3,(H,28,31)(H,29,32). The van der Waals surface area contributed by atoms with E-state index in [4.69, 9.17) is 0 Å². The first-order valence-electron chi connectivity index (χ1n) is 11.5. The quantitative estimate of drug-likeness (QED) is 0.605. The minimum atomic E-state index is -0.407. The minimum Gasteiger partial charge on any atom is -0.349 e. The van der Waals surface area contributed by atoms with Gasteiger partial charge in [-0.2, -0.15) is 0 Å². The maximum Gasteiger partial charge on any atom is 0.261 e. The Morgan fingerprint density at radius 3 is 2.21 bits per heavy atom. The van der Waals surface area contributed by atoms with Gasteiger partial charge in [-0.3, -0.25) is 14.4 Å². The van der Waals surface area contributed by atoms with Gasteiger partial charge >= 0.3 is 0 Å². The van der Waals surface area contributed by atoms with Crippen molar-refractivity contribution < 1.29 is 9.59 Å². The third-order valence-electron chi connectivity index (χ3n) is 6.29. The Labute approximate surface area is 193 Å². The molecule has 1 aromatic heterocycles. The van der Waals surface area contributed by atoms with E-state index < -0.39 is 5.56 Å². The number of carbonyl (C=O) groups is 2. The third kappa shape index (κ3) is 5.22. The average molecular weight is 444 g/mol. The fraction of sp³-hybridized carbons (Fsp3) is 0.296. The smallest absolute Gasteiger partial charge is 0.261 e. The topological polar surface area (TPSA) is 82.3 Å². The lowest BCUT2D eigenvalue weighted by molar-refractivity contribution is -0.134. The van der Waals surface area contributed by atoms with Gasteiger partial charge in [0.15, 0.2) is 0 Å². The second kappa shape index (κ2) is 10.3. The van der Waals surface area contributed by atoms with Crippen LogP contribution in [0.1, 0.15) is 48.0 Å². The van der Waals surface area contributed by atoms with Crippen LogP contribution in [0.2, 0.25) is 0 Å². The molecule has 4 rings (SSSR count). The second-order valence-corrected chi connectivity index (χ2v) is 8.43. The second-order valence-electron chi connectivity index (χ2n) is 8.43. The largest absolute Gasteiger partial charge is 0.349 e. The van der Waals surface area contributed by atoms with Crippen molar-refractivity contribution in [1.82, 2.24) is 15.2 Å². The van der Waals surface area contributed by atoms with E-state index in [2.05, 4.69) is 10.3 Å². The molecule has 3 aromatic rings. The molecule has 0 bridgehead atoms. The van der Waals surface area contributed by atoms with Crippen molar-refractivity contribution in [3.05, 3.63) is 94.3 Å². The summed E-state index contributed by atoms with van der Waals surface area (Å²) in [7, 11) is 0. The molecule has 1 fully saturated rings. The molecule has 170 valence electrons. The van der Waals surface area contributed by atoms with Crippen LogP contribution in [0.15, 0.2) is 77.6 Å². The highest BCUT2D eigenvalue weighted by Gasteiger charge is 2.29. The van der Waals surface area contributed by atoms with E-state index in [1.807, 2.05) is 72.5 Å². The summed E-state index contributed by atoms with van der Waals surface area (Å²) in [4.78, 5) is 43.0. The van der Waals surface area contributed by atoms with Crippen LogP contribution in [0.5, 0.6) is 0 Å². The summed E-state index contributed by atoms with van der Waals surface area (Å²) >= 11 is 0. The minimum absolute atomic E-state index is 0.0634. The number of amides is 2. The number of likely N-dealkylation sites (tertiary alicyclic amines) is 1. The zero-order valence-electron chi connectivity index (χ0n) is 18.8. The van der Waals surface area contributed by atoms with Crippen LogP contribution < -0.4 is 10.9 Å². The lowest BCUT2D eigenvalue weighted by atomic mass is 9.93. The van der Waals surface area contributed by atoms with Gasteiger partial charge in [0.2, 0.25) is 5.91 Å². The predicted octanol–water partition coefficient (Wildman–Crippen LogP) is 3.96. The first-order valence-corrected chi connectivity index (χ1v) is 11.5. The van der Waals surface area contributed by atoms with E-state index >= 15 is 0 Å². The highest BCUT2D eigenvalue weighted by Crippen LogP contribution is 2.24. The Morgan fingerprint density at radius 1 is 0.970 bits per heavy atom. The summed E-state index contributed by atoms with van der Waals surface area (Å²) < 4.78 is 0. The normalized spacial score (nSPS) is 15.1. The number of pyridine rings is 1. The van der Waals surface area contributed by atoms with Gasteiger partial charge < -0.3 is 15.2 Å². The molecule has 1 unspecified atom stereocenters. The third-order valence-corrected chi connectivity index (χ3v) is 6.29. The maximum atomic E-state index is 13.1. The zero-order chi connectivity index (χ0) is 23.2. The van der Waals surface area contributed by atoms with E-state index in [0.29, 0.717) is 31.6 Å². The molecule has 1 saturated heterocycles. The summed E-state index contributed by atoms with van der Waals surface area (Å²) in [5.74, 6) is -0.378. The molecular weight excluding hydrogens is 414 g/mol. The number of hydrogen-bond acceptors (Lipinski definition) is 3. The van der Waals surface area contributed by atoms with Gasteiger partial charge in [0.05, 0.1) is 5.92 Å². The summed E-state index contributed by atoms with van der Waals surface area (Å²) in [6.45, 7) is 3.22. The molecule has 2 N–H and O–H groups in total. The van der Waals surface area contributed by atoms with Gasteiger partial charge in [0.25, 0.3) is 11.5 Å². The van der Waals surface area contributed by atoms with Crippen molar-refractivity contribution in [3.63, 3.8) is 0 Å². The number of benzene rings is 2. The number of hydrogen-bond donors (Lipinski definition) is 2.